The Kier molecular flexibility index (Phi) is 5.06. The molecule has 24 heavy (non-hydrogen) atoms. The summed E-state index contributed by atoms with van der Waals surface area (Å²) in [6, 6.07) is 17.2. The summed E-state index contributed by atoms with van der Waals surface area (Å²) in [6.07, 6.45) is 3.92. The van der Waals surface area contributed by atoms with Gasteiger partial charge in [-0.25, -0.2) is 4.79 Å². The first kappa shape index (κ1) is 16.0. The predicted molar refractivity (Wildman–Crippen MR) is 93.9 cm³/mol. The third-order valence-electron chi connectivity index (χ3n) is 3.70. The Hall–Kier alpha value is -2.88. The zero-order chi connectivity index (χ0) is 16.8. The third kappa shape index (κ3) is 3.71. The van der Waals surface area contributed by atoms with Crippen molar-refractivity contribution in [3.8, 4) is 5.75 Å². The van der Waals surface area contributed by atoms with E-state index in [2.05, 4.69) is 12.1 Å². The minimum absolute atomic E-state index is 0.433. The van der Waals surface area contributed by atoms with Crippen LogP contribution in [0.5, 0.6) is 5.75 Å². The number of ether oxygens (including phenoxy) is 1. The summed E-state index contributed by atoms with van der Waals surface area (Å²) in [5.41, 5.74) is 2.76. The molecule has 0 aliphatic carbocycles. The number of nitrogens with zero attached hydrogens (tertiary/aromatic N) is 1. The van der Waals surface area contributed by atoms with E-state index in [-0.39, 0.29) is 0 Å². The van der Waals surface area contributed by atoms with Crippen LogP contribution in [0, 0.1) is 0 Å². The topological polar surface area (TPSA) is 47.9 Å². The summed E-state index contributed by atoms with van der Waals surface area (Å²) in [5.74, 6) is 0.378. The molecule has 0 aromatic heterocycles. The van der Waals surface area contributed by atoms with Crippen LogP contribution >= 0.6 is 0 Å². The van der Waals surface area contributed by atoms with Gasteiger partial charge in [0.25, 0.3) is 0 Å². The lowest BCUT2D eigenvalue weighted by Gasteiger charge is -2.06. The molecule has 4 nitrogen and oxygen atoms in total. The molecule has 1 aliphatic rings. The number of rotatable bonds is 6. The van der Waals surface area contributed by atoms with Gasteiger partial charge in [-0.2, -0.15) is 0 Å². The van der Waals surface area contributed by atoms with Gasteiger partial charge in [0.1, 0.15) is 11.5 Å². The average Bonchev–Trinajstić information content (AvgIpc) is 2.97. The van der Waals surface area contributed by atoms with Crippen LogP contribution in [0.1, 0.15) is 30.9 Å². The first-order valence-corrected chi connectivity index (χ1v) is 8.07. The van der Waals surface area contributed by atoms with Gasteiger partial charge in [0.15, 0.2) is 0 Å². The second kappa shape index (κ2) is 7.59. The maximum absolute atomic E-state index is 12.0. The standard InChI is InChI=1S/C20H19NO3/c1-2-3-13-23-17-11-9-16(10-12-17)19-18(20(22)24-21-19)14-15-7-5-4-6-8-15/h4-12,14H,2-3,13H2,1H3/b18-14-. The van der Waals surface area contributed by atoms with Crippen LogP contribution in [0.2, 0.25) is 0 Å². The molecule has 0 saturated heterocycles. The number of hydrogen-bond acceptors (Lipinski definition) is 4. The Balaban J connectivity index is 1.80. The Labute approximate surface area is 141 Å². The van der Waals surface area contributed by atoms with Crippen molar-refractivity contribution in [3.63, 3.8) is 0 Å². The van der Waals surface area contributed by atoms with Gasteiger partial charge in [0.05, 0.1) is 12.2 Å². The first-order chi connectivity index (χ1) is 11.8. The maximum Gasteiger partial charge on any atom is 0.368 e. The van der Waals surface area contributed by atoms with E-state index in [9.17, 15) is 4.79 Å². The van der Waals surface area contributed by atoms with Crippen LogP contribution in [0.15, 0.2) is 65.3 Å². The molecule has 2 aromatic rings. The van der Waals surface area contributed by atoms with Crippen LogP contribution in [0.25, 0.3) is 6.08 Å². The third-order valence-corrected chi connectivity index (χ3v) is 3.70. The predicted octanol–water partition coefficient (Wildman–Crippen LogP) is 4.21. The summed E-state index contributed by atoms with van der Waals surface area (Å²) >= 11 is 0. The van der Waals surface area contributed by atoms with Crippen molar-refractivity contribution < 1.29 is 14.4 Å². The van der Waals surface area contributed by atoms with Gasteiger partial charge >= 0.3 is 5.97 Å². The zero-order valence-corrected chi connectivity index (χ0v) is 13.6. The van der Waals surface area contributed by atoms with Crippen LogP contribution in [-0.4, -0.2) is 18.3 Å². The van der Waals surface area contributed by atoms with Crippen molar-refractivity contribution in [2.75, 3.05) is 6.61 Å². The Bertz CT molecular complexity index is 761. The molecule has 0 spiro atoms. The molecule has 3 rings (SSSR count). The summed E-state index contributed by atoms with van der Waals surface area (Å²) < 4.78 is 5.65. The maximum atomic E-state index is 12.0. The number of carbonyl (C=O) groups is 1. The van der Waals surface area contributed by atoms with E-state index < -0.39 is 5.97 Å². The second-order valence-electron chi connectivity index (χ2n) is 5.51. The van der Waals surface area contributed by atoms with Gasteiger partial charge in [-0.3, -0.25) is 0 Å². The molecule has 122 valence electrons. The Morgan fingerprint density at radius 1 is 1.08 bits per heavy atom. The molecular formula is C20H19NO3. The summed E-state index contributed by atoms with van der Waals surface area (Å²) in [5, 5.41) is 3.93. The van der Waals surface area contributed by atoms with Gasteiger partial charge in [0.2, 0.25) is 0 Å². The number of oxime groups is 1. The Morgan fingerprint density at radius 3 is 2.54 bits per heavy atom. The summed E-state index contributed by atoms with van der Waals surface area (Å²) in [7, 11) is 0. The molecule has 0 radical (unpaired) electrons. The monoisotopic (exact) mass is 321 g/mol. The largest absolute Gasteiger partial charge is 0.494 e. The fourth-order valence-corrected chi connectivity index (χ4v) is 2.38. The van der Waals surface area contributed by atoms with Crippen molar-refractivity contribution in [2.24, 2.45) is 5.16 Å². The summed E-state index contributed by atoms with van der Waals surface area (Å²) in [4.78, 5) is 16.8. The highest BCUT2D eigenvalue weighted by molar-refractivity contribution is 6.31. The molecule has 2 aromatic carbocycles. The minimum atomic E-state index is -0.433. The first-order valence-electron chi connectivity index (χ1n) is 8.07. The van der Waals surface area contributed by atoms with Crippen molar-refractivity contribution in [1.29, 1.82) is 0 Å². The highest BCUT2D eigenvalue weighted by atomic mass is 16.7. The van der Waals surface area contributed by atoms with Crippen LogP contribution < -0.4 is 4.74 Å². The number of hydrogen-bond donors (Lipinski definition) is 0. The van der Waals surface area contributed by atoms with Gasteiger partial charge in [-0.15, -0.1) is 0 Å². The fourth-order valence-electron chi connectivity index (χ4n) is 2.38. The molecule has 0 unspecified atom stereocenters. The van der Waals surface area contributed by atoms with Gasteiger partial charge in [-0.05, 0) is 42.3 Å². The van der Waals surface area contributed by atoms with E-state index in [1.165, 1.54) is 0 Å². The average molecular weight is 321 g/mol. The number of unbranched alkanes of at least 4 members (excludes halogenated alkanes) is 1. The van der Waals surface area contributed by atoms with Crippen molar-refractivity contribution in [2.45, 2.75) is 19.8 Å². The number of benzene rings is 2. The second-order valence-corrected chi connectivity index (χ2v) is 5.51. The van der Waals surface area contributed by atoms with Crippen molar-refractivity contribution >= 4 is 17.8 Å². The molecule has 4 heteroatoms. The van der Waals surface area contributed by atoms with Crippen LogP contribution in [0.4, 0.5) is 0 Å². The minimum Gasteiger partial charge on any atom is -0.494 e. The lowest BCUT2D eigenvalue weighted by molar-refractivity contribution is -0.136. The molecule has 0 N–H and O–H groups in total. The smallest absolute Gasteiger partial charge is 0.368 e. The molecule has 1 heterocycles. The van der Waals surface area contributed by atoms with E-state index >= 15 is 0 Å². The van der Waals surface area contributed by atoms with E-state index in [0.29, 0.717) is 17.9 Å². The van der Waals surface area contributed by atoms with Crippen LogP contribution in [0.3, 0.4) is 0 Å². The molecule has 0 bridgehead atoms. The van der Waals surface area contributed by atoms with Crippen LogP contribution in [-0.2, 0) is 9.63 Å². The lowest BCUT2D eigenvalue weighted by atomic mass is 10.0. The SMILES string of the molecule is CCCCOc1ccc(C2=NOC(=O)/C2=C\c2ccccc2)cc1. The van der Waals surface area contributed by atoms with Gasteiger partial charge in [0, 0.05) is 5.56 Å². The van der Waals surface area contributed by atoms with Crippen molar-refractivity contribution in [1.82, 2.24) is 0 Å². The molecule has 0 saturated carbocycles. The highest BCUT2D eigenvalue weighted by Crippen LogP contribution is 2.22. The number of carbonyl (C=O) groups excluding carboxylic acids is 1. The molecule has 1 aliphatic heterocycles. The van der Waals surface area contributed by atoms with Gasteiger partial charge in [-0.1, -0.05) is 48.8 Å². The van der Waals surface area contributed by atoms with E-state index in [0.717, 1.165) is 29.7 Å². The Morgan fingerprint density at radius 2 is 1.83 bits per heavy atom. The van der Waals surface area contributed by atoms with E-state index in [4.69, 9.17) is 9.57 Å². The molecular weight excluding hydrogens is 302 g/mol. The van der Waals surface area contributed by atoms with E-state index in [1.54, 1.807) is 6.08 Å². The zero-order valence-electron chi connectivity index (χ0n) is 13.6. The quantitative estimate of drug-likeness (QED) is 0.455. The molecule has 0 amide bonds. The normalized spacial score (nSPS) is 15.3. The molecule has 0 atom stereocenters. The van der Waals surface area contributed by atoms with Crippen molar-refractivity contribution in [3.05, 3.63) is 71.3 Å². The van der Waals surface area contributed by atoms with Gasteiger partial charge < -0.3 is 9.57 Å². The summed E-state index contributed by atoms with van der Waals surface area (Å²) in [6.45, 7) is 2.83. The van der Waals surface area contributed by atoms with E-state index in [1.807, 2.05) is 54.6 Å². The lowest BCUT2D eigenvalue weighted by Crippen LogP contribution is -2.07. The molecule has 0 fully saturated rings. The fraction of sp³-hybridized carbons (Fsp3) is 0.200. The highest BCUT2D eigenvalue weighted by Gasteiger charge is 2.26.